The van der Waals surface area contributed by atoms with Crippen LogP contribution in [0.15, 0.2) is 24.3 Å². The summed E-state index contributed by atoms with van der Waals surface area (Å²) in [6, 6.07) is 8.54. The van der Waals surface area contributed by atoms with Gasteiger partial charge in [0.2, 0.25) is 0 Å². The Morgan fingerprint density at radius 3 is 3.13 bits per heavy atom. The molecular weight excluding hydrogens is 186 g/mol. The van der Waals surface area contributed by atoms with Crippen molar-refractivity contribution in [2.75, 3.05) is 25.1 Å². The van der Waals surface area contributed by atoms with E-state index in [0.29, 0.717) is 5.92 Å². The second-order valence-electron chi connectivity index (χ2n) is 4.18. The Kier molecular flexibility index (Phi) is 3.62. The Hall–Kier alpha value is -1.02. The van der Waals surface area contributed by atoms with Crippen LogP contribution in [0.2, 0.25) is 0 Å². The first-order chi connectivity index (χ1) is 7.40. The number of para-hydroxylation sites is 1. The Bertz CT molecular complexity index is 311. The maximum Gasteiger partial charge on any atom is 0.0514 e. The van der Waals surface area contributed by atoms with E-state index in [9.17, 15) is 0 Å². The van der Waals surface area contributed by atoms with Gasteiger partial charge in [-0.3, -0.25) is 0 Å². The molecule has 1 unspecified atom stereocenters. The summed E-state index contributed by atoms with van der Waals surface area (Å²) in [5.74, 6) is 0.631. The molecule has 0 radical (unpaired) electrons. The van der Waals surface area contributed by atoms with E-state index < -0.39 is 0 Å². The minimum atomic E-state index is 0.631. The summed E-state index contributed by atoms with van der Waals surface area (Å²) in [5.41, 5.74) is 2.72. The third-order valence-corrected chi connectivity index (χ3v) is 2.81. The van der Waals surface area contributed by atoms with Gasteiger partial charge < -0.3 is 10.1 Å². The molecule has 0 saturated heterocycles. The van der Waals surface area contributed by atoms with Crippen LogP contribution in [-0.4, -0.2) is 19.8 Å². The molecule has 0 bridgehead atoms. The van der Waals surface area contributed by atoms with Crippen LogP contribution in [0.25, 0.3) is 0 Å². The van der Waals surface area contributed by atoms with Crippen molar-refractivity contribution in [1.82, 2.24) is 0 Å². The van der Waals surface area contributed by atoms with Crippen molar-refractivity contribution in [1.29, 1.82) is 0 Å². The van der Waals surface area contributed by atoms with Crippen LogP contribution in [0, 0.1) is 5.92 Å². The van der Waals surface area contributed by atoms with E-state index in [4.69, 9.17) is 4.74 Å². The number of rotatable bonds is 4. The standard InChI is InChI=1S/C13H19NO/c1-2-7-15-10-11-8-12-5-3-4-6-13(12)14-9-11/h3-6,11,14H,2,7-10H2,1H3. The van der Waals surface area contributed by atoms with Crippen molar-refractivity contribution in [2.24, 2.45) is 5.92 Å². The lowest BCUT2D eigenvalue weighted by atomic mass is 9.95. The highest BCUT2D eigenvalue weighted by Crippen LogP contribution is 2.24. The molecule has 0 fully saturated rings. The molecule has 82 valence electrons. The monoisotopic (exact) mass is 205 g/mol. The number of benzene rings is 1. The molecule has 1 aromatic rings. The summed E-state index contributed by atoms with van der Waals surface area (Å²) in [7, 11) is 0. The minimum absolute atomic E-state index is 0.631. The molecule has 15 heavy (non-hydrogen) atoms. The van der Waals surface area contributed by atoms with Gasteiger partial charge in [0, 0.05) is 24.8 Å². The Labute approximate surface area is 91.6 Å². The Balaban J connectivity index is 1.88. The first-order valence-corrected chi connectivity index (χ1v) is 5.79. The van der Waals surface area contributed by atoms with Gasteiger partial charge in [0.15, 0.2) is 0 Å². The van der Waals surface area contributed by atoms with Crippen LogP contribution < -0.4 is 5.32 Å². The van der Waals surface area contributed by atoms with E-state index in [-0.39, 0.29) is 0 Å². The van der Waals surface area contributed by atoms with Crippen LogP contribution in [0.1, 0.15) is 18.9 Å². The van der Waals surface area contributed by atoms with Crippen molar-refractivity contribution in [3.8, 4) is 0 Å². The molecule has 1 aliphatic rings. The highest BCUT2D eigenvalue weighted by Gasteiger charge is 2.17. The van der Waals surface area contributed by atoms with Gasteiger partial charge in [-0.1, -0.05) is 25.1 Å². The third kappa shape index (κ3) is 2.72. The number of ether oxygens (including phenoxy) is 1. The molecule has 0 saturated carbocycles. The second-order valence-corrected chi connectivity index (χ2v) is 4.18. The topological polar surface area (TPSA) is 21.3 Å². The van der Waals surface area contributed by atoms with E-state index in [1.54, 1.807) is 0 Å². The number of hydrogen-bond donors (Lipinski definition) is 1. The van der Waals surface area contributed by atoms with Gasteiger partial charge in [-0.25, -0.2) is 0 Å². The molecule has 1 aliphatic heterocycles. The predicted octanol–water partition coefficient (Wildman–Crippen LogP) is 2.70. The quantitative estimate of drug-likeness (QED) is 0.763. The zero-order chi connectivity index (χ0) is 10.5. The van der Waals surface area contributed by atoms with Crippen molar-refractivity contribution in [2.45, 2.75) is 19.8 Å². The van der Waals surface area contributed by atoms with Crippen LogP contribution in [0.5, 0.6) is 0 Å². The summed E-state index contributed by atoms with van der Waals surface area (Å²) < 4.78 is 5.60. The van der Waals surface area contributed by atoms with Gasteiger partial charge in [-0.05, 0) is 24.5 Å². The molecule has 2 nitrogen and oxygen atoms in total. The number of hydrogen-bond acceptors (Lipinski definition) is 2. The summed E-state index contributed by atoms with van der Waals surface area (Å²) in [5, 5.41) is 3.46. The van der Waals surface area contributed by atoms with Gasteiger partial charge in [-0.15, -0.1) is 0 Å². The normalized spacial score (nSPS) is 19.4. The lowest BCUT2D eigenvalue weighted by Gasteiger charge is -2.25. The van der Waals surface area contributed by atoms with Gasteiger partial charge >= 0.3 is 0 Å². The Morgan fingerprint density at radius 2 is 2.27 bits per heavy atom. The summed E-state index contributed by atoms with van der Waals surface area (Å²) in [6.45, 7) is 4.96. The maximum atomic E-state index is 5.60. The van der Waals surface area contributed by atoms with Gasteiger partial charge in [0.25, 0.3) is 0 Å². The average Bonchev–Trinajstić information content (AvgIpc) is 2.29. The van der Waals surface area contributed by atoms with Crippen molar-refractivity contribution < 1.29 is 4.74 Å². The highest BCUT2D eigenvalue weighted by atomic mass is 16.5. The summed E-state index contributed by atoms with van der Waals surface area (Å²) in [4.78, 5) is 0. The smallest absolute Gasteiger partial charge is 0.0514 e. The molecular formula is C13H19NO. The molecule has 1 aromatic carbocycles. The molecule has 1 N–H and O–H groups in total. The third-order valence-electron chi connectivity index (χ3n) is 2.81. The van der Waals surface area contributed by atoms with Crippen LogP contribution >= 0.6 is 0 Å². The lowest BCUT2D eigenvalue weighted by molar-refractivity contribution is 0.102. The first-order valence-electron chi connectivity index (χ1n) is 5.79. The van der Waals surface area contributed by atoms with Crippen LogP contribution in [-0.2, 0) is 11.2 Å². The summed E-state index contributed by atoms with van der Waals surface area (Å²) >= 11 is 0. The molecule has 1 heterocycles. The fraction of sp³-hybridized carbons (Fsp3) is 0.538. The zero-order valence-corrected chi connectivity index (χ0v) is 9.33. The van der Waals surface area contributed by atoms with Gasteiger partial charge in [-0.2, -0.15) is 0 Å². The average molecular weight is 205 g/mol. The highest BCUT2D eigenvalue weighted by molar-refractivity contribution is 5.53. The maximum absolute atomic E-state index is 5.60. The zero-order valence-electron chi connectivity index (χ0n) is 9.33. The minimum Gasteiger partial charge on any atom is -0.384 e. The van der Waals surface area contributed by atoms with Crippen molar-refractivity contribution in [3.05, 3.63) is 29.8 Å². The van der Waals surface area contributed by atoms with Crippen molar-refractivity contribution >= 4 is 5.69 Å². The van der Waals surface area contributed by atoms with Gasteiger partial charge in [0.05, 0.1) is 6.61 Å². The fourth-order valence-electron chi connectivity index (χ4n) is 2.02. The molecule has 0 spiro atoms. The fourth-order valence-corrected chi connectivity index (χ4v) is 2.02. The number of anilines is 1. The second kappa shape index (κ2) is 5.17. The van der Waals surface area contributed by atoms with Crippen LogP contribution in [0.3, 0.4) is 0 Å². The molecule has 1 atom stereocenters. The Morgan fingerprint density at radius 1 is 1.40 bits per heavy atom. The lowest BCUT2D eigenvalue weighted by Crippen LogP contribution is -2.26. The van der Waals surface area contributed by atoms with E-state index in [2.05, 4.69) is 36.5 Å². The SMILES string of the molecule is CCCOCC1CNc2ccccc2C1. The first kappa shape index (κ1) is 10.5. The molecule has 2 rings (SSSR count). The molecule has 2 heteroatoms. The molecule has 0 aliphatic carbocycles. The number of fused-ring (bicyclic) bond motifs is 1. The van der Waals surface area contributed by atoms with Gasteiger partial charge in [0.1, 0.15) is 0 Å². The van der Waals surface area contributed by atoms with E-state index in [0.717, 1.165) is 32.6 Å². The van der Waals surface area contributed by atoms with E-state index >= 15 is 0 Å². The van der Waals surface area contributed by atoms with Crippen molar-refractivity contribution in [3.63, 3.8) is 0 Å². The molecule has 0 aromatic heterocycles. The molecule has 0 amide bonds. The summed E-state index contributed by atoms with van der Waals surface area (Å²) in [6.07, 6.45) is 2.25. The van der Waals surface area contributed by atoms with Crippen LogP contribution in [0.4, 0.5) is 5.69 Å². The largest absolute Gasteiger partial charge is 0.384 e. The number of nitrogens with one attached hydrogen (secondary N) is 1. The predicted molar refractivity (Wildman–Crippen MR) is 63.2 cm³/mol. The van der Waals surface area contributed by atoms with E-state index in [1.165, 1.54) is 11.3 Å². The van der Waals surface area contributed by atoms with E-state index in [1.807, 2.05) is 0 Å².